The van der Waals surface area contributed by atoms with Gasteiger partial charge in [-0.15, -0.1) is 11.3 Å². The van der Waals surface area contributed by atoms with Gasteiger partial charge in [-0.05, 0) is 42.5 Å². The van der Waals surface area contributed by atoms with E-state index in [4.69, 9.17) is 0 Å². The zero-order valence-corrected chi connectivity index (χ0v) is 9.04. The first kappa shape index (κ1) is 8.27. The van der Waals surface area contributed by atoms with Gasteiger partial charge >= 0.3 is 0 Å². The minimum atomic E-state index is 1.14. The Labute approximate surface area is 79.1 Å². The van der Waals surface area contributed by atoms with Gasteiger partial charge < -0.3 is 0 Å². The highest BCUT2D eigenvalue weighted by atomic mass is 127. The van der Waals surface area contributed by atoms with Crippen molar-refractivity contribution in [2.24, 2.45) is 0 Å². The van der Waals surface area contributed by atoms with E-state index in [1.165, 1.54) is 15.3 Å². The molecule has 0 saturated carbocycles. The largest absolute Gasteiger partial charge is 0.145 e. The Morgan fingerprint density at radius 3 is 2.40 bits per heavy atom. The number of halogens is 1. The van der Waals surface area contributed by atoms with Crippen molar-refractivity contribution < 1.29 is 0 Å². The molecule has 0 aromatic carbocycles. The second kappa shape index (κ2) is 3.05. The third-order valence-corrected chi connectivity index (χ3v) is 2.88. The number of aryl methyl sites for hydroxylation is 2. The fraction of sp³-hybridized carbons (Fsp3) is 0.250. The Kier molecular flexibility index (Phi) is 2.52. The molecule has 0 saturated heterocycles. The molecule has 0 fully saturated rings. The van der Waals surface area contributed by atoms with Crippen molar-refractivity contribution >= 4 is 37.5 Å². The van der Waals surface area contributed by atoms with Crippen molar-refractivity contribution in [3.8, 4) is 0 Å². The molecule has 0 aliphatic carbocycles. The lowest BCUT2D eigenvalue weighted by Gasteiger charge is -1.91. The molecule has 1 heterocycles. The summed E-state index contributed by atoms with van der Waals surface area (Å²) in [5.74, 6) is 0. The zero-order chi connectivity index (χ0) is 7.72. The Balaban J connectivity index is 3.15. The Morgan fingerprint density at radius 2 is 2.20 bits per heavy atom. The molecular weight excluding hydrogens is 255 g/mol. The van der Waals surface area contributed by atoms with Crippen molar-refractivity contribution in [1.29, 1.82) is 0 Å². The predicted octanol–water partition coefficient (Wildman–Crippen LogP) is 3.77. The van der Waals surface area contributed by atoms with Crippen molar-refractivity contribution in [3.05, 3.63) is 28.0 Å². The number of thiophene rings is 1. The molecule has 1 rings (SSSR count). The molecule has 0 aliphatic heterocycles. The van der Waals surface area contributed by atoms with E-state index in [9.17, 15) is 0 Å². The van der Waals surface area contributed by atoms with E-state index < -0.39 is 0 Å². The van der Waals surface area contributed by atoms with Crippen LogP contribution in [0.1, 0.15) is 15.3 Å². The van der Waals surface area contributed by atoms with Crippen molar-refractivity contribution in [2.45, 2.75) is 13.8 Å². The first-order chi connectivity index (χ1) is 4.61. The van der Waals surface area contributed by atoms with Crippen LogP contribution in [0.5, 0.6) is 0 Å². The molecule has 0 amide bonds. The lowest BCUT2D eigenvalue weighted by molar-refractivity contribution is 1.57. The maximum atomic E-state index is 3.89. The fourth-order valence-electron chi connectivity index (χ4n) is 0.900. The summed E-state index contributed by atoms with van der Waals surface area (Å²) in [5.41, 5.74) is 1.31. The summed E-state index contributed by atoms with van der Waals surface area (Å²) in [5, 5.41) is 0. The molecule has 0 unspecified atom stereocenters. The van der Waals surface area contributed by atoms with Crippen LogP contribution in [0.3, 0.4) is 0 Å². The van der Waals surface area contributed by atoms with Crippen molar-refractivity contribution in [3.63, 3.8) is 0 Å². The molecule has 10 heavy (non-hydrogen) atoms. The van der Waals surface area contributed by atoms with E-state index >= 15 is 0 Å². The van der Waals surface area contributed by atoms with E-state index in [-0.39, 0.29) is 0 Å². The van der Waals surface area contributed by atoms with Gasteiger partial charge in [0.2, 0.25) is 0 Å². The summed E-state index contributed by atoms with van der Waals surface area (Å²) < 4.78 is 1.14. The molecule has 0 bridgehead atoms. The molecule has 0 aliphatic rings. The lowest BCUT2D eigenvalue weighted by atomic mass is 10.2. The molecular formula is C8H9IS. The molecule has 54 valence electrons. The van der Waals surface area contributed by atoms with Gasteiger partial charge in [0.1, 0.15) is 0 Å². The second-order valence-electron chi connectivity index (χ2n) is 2.23. The highest BCUT2D eigenvalue weighted by Gasteiger charge is 2.02. The van der Waals surface area contributed by atoms with Gasteiger partial charge in [0.25, 0.3) is 0 Å². The van der Waals surface area contributed by atoms with Crippen molar-refractivity contribution in [2.75, 3.05) is 0 Å². The monoisotopic (exact) mass is 264 g/mol. The van der Waals surface area contributed by atoms with Crippen molar-refractivity contribution in [1.82, 2.24) is 0 Å². The third kappa shape index (κ3) is 1.61. The van der Waals surface area contributed by atoms with E-state index in [2.05, 4.69) is 49.1 Å². The van der Waals surface area contributed by atoms with Crippen LogP contribution >= 0.6 is 33.9 Å². The van der Waals surface area contributed by atoms with Crippen LogP contribution in [0.25, 0.3) is 3.58 Å². The molecule has 0 atom stereocenters. The van der Waals surface area contributed by atoms with Crippen LogP contribution in [0.4, 0.5) is 0 Å². The molecule has 1 aromatic rings. The van der Waals surface area contributed by atoms with Crippen LogP contribution < -0.4 is 0 Å². The van der Waals surface area contributed by atoms with Gasteiger partial charge in [-0.1, -0.05) is 6.58 Å². The normalized spacial score (nSPS) is 9.90. The SMILES string of the molecule is C=C(I)c1cc(C)sc1C. The minimum absolute atomic E-state index is 1.14. The summed E-state index contributed by atoms with van der Waals surface area (Å²) in [6.07, 6.45) is 0. The maximum absolute atomic E-state index is 3.89. The standard InChI is InChI=1S/C8H9IS/c1-5-4-8(6(2)9)7(3)10-5/h4H,2H2,1,3H3. The van der Waals surface area contributed by atoms with E-state index in [1.54, 1.807) is 0 Å². The molecule has 2 heteroatoms. The van der Waals surface area contributed by atoms with E-state index in [0.717, 1.165) is 3.58 Å². The van der Waals surface area contributed by atoms with Crippen LogP contribution in [-0.2, 0) is 0 Å². The summed E-state index contributed by atoms with van der Waals surface area (Å²) in [6, 6.07) is 2.19. The fourth-order valence-corrected chi connectivity index (χ4v) is 2.60. The lowest BCUT2D eigenvalue weighted by Crippen LogP contribution is -1.70. The first-order valence-electron chi connectivity index (χ1n) is 3.03. The van der Waals surface area contributed by atoms with Crippen LogP contribution in [0.15, 0.2) is 12.6 Å². The van der Waals surface area contributed by atoms with Gasteiger partial charge in [0.05, 0.1) is 0 Å². The highest BCUT2D eigenvalue weighted by Crippen LogP contribution is 2.29. The Hall–Kier alpha value is 0.170. The van der Waals surface area contributed by atoms with Crippen LogP contribution in [-0.4, -0.2) is 0 Å². The molecule has 0 radical (unpaired) electrons. The smallest absolute Gasteiger partial charge is 0.0142 e. The van der Waals surface area contributed by atoms with Crippen LogP contribution in [0.2, 0.25) is 0 Å². The average Bonchev–Trinajstić information content (AvgIpc) is 2.10. The first-order valence-corrected chi connectivity index (χ1v) is 4.92. The van der Waals surface area contributed by atoms with Gasteiger partial charge in [-0.3, -0.25) is 0 Å². The second-order valence-corrected chi connectivity index (χ2v) is 4.99. The summed E-state index contributed by atoms with van der Waals surface area (Å²) in [7, 11) is 0. The number of rotatable bonds is 1. The molecule has 0 nitrogen and oxygen atoms in total. The Bertz CT molecular complexity index is 260. The molecule has 0 N–H and O–H groups in total. The third-order valence-electron chi connectivity index (χ3n) is 1.33. The number of hydrogen-bond acceptors (Lipinski definition) is 1. The topological polar surface area (TPSA) is 0 Å². The zero-order valence-electron chi connectivity index (χ0n) is 6.07. The van der Waals surface area contributed by atoms with Gasteiger partial charge in [-0.2, -0.15) is 0 Å². The summed E-state index contributed by atoms with van der Waals surface area (Å²) >= 11 is 4.09. The summed E-state index contributed by atoms with van der Waals surface area (Å²) in [6.45, 7) is 8.15. The minimum Gasteiger partial charge on any atom is -0.145 e. The van der Waals surface area contributed by atoms with Crippen LogP contribution in [0, 0.1) is 13.8 Å². The van der Waals surface area contributed by atoms with Gasteiger partial charge in [0.15, 0.2) is 0 Å². The van der Waals surface area contributed by atoms with Gasteiger partial charge in [-0.25, -0.2) is 0 Å². The van der Waals surface area contributed by atoms with E-state index in [1.807, 2.05) is 11.3 Å². The van der Waals surface area contributed by atoms with E-state index in [0.29, 0.717) is 0 Å². The molecule has 0 spiro atoms. The summed E-state index contributed by atoms with van der Waals surface area (Å²) in [4.78, 5) is 2.74. The average molecular weight is 264 g/mol. The maximum Gasteiger partial charge on any atom is 0.0142 e. The Morgan fingerprint density at radius 1 is 1.60 bits per heavy atom. The van der Waals surface area contributed by atoms with Gasteiger partial charge in [0, 0.05) is 18.9 Å². The predicted molar refractivity (Wildman–Crippen MR) is 56.8 cm³/mol. The number of hydrogen-bond donors (Lipinski definition) is 0. The highest BCUT2D eigenvalue weighted by molar-refractivity contribution is 14.1. The quantitative estimate of drug-likeness (QED) is 0.677. The molecule has 1 aromatic heterocycles.